The van der Waals surface area contributed by atoms with Gasteiger partial charge < -0.3 is 25.8 Å². The molecule has 0 unspecified atom stereocenters. The Kier molecular flexibility index (Phi) is 5.26. The minimum absolute atomic E-state index is 0.0431. The van der Waals surface area contributed by atoms with Crippen LogP contribution in [-0.4, -0.2) is 35.9 Å². The monoisotopic (exact) mass is 462 g/mol. The number of rotatable bonds is 5. The number of amides is 1. The van der Waals surface area contributed by atoms with Crippen molar-refractivity contribution in [1.29, 1.82) is 5.41 Å². The lowest BCUT2D eigenvalue weighted by Crippen LogP contribution is -2.26. The highest BCUT2D eigenvalue weighted by molar-refractivity contribution is 7.08. The lowest BCUT2D eigenvalue weighted by atomic mass is 9.97. The molecule has 3 aromatic rings. The van der Waals surface area contributed by atoms with Gasteiger partial charge in [0.05, 0.1) is 17.2 Å². The largest absolute Gasteiger partial charge is 0.488 e. The lowest BCUT2D eigenvalue weighted by molar-refractivity contribution is -0.140. The van der Waals surface area contributed by atoms with Crippen LogP contribution < -0.4 is 20.7 Å². The van der Waals surface area contributed by atoms with Crippen LogP contribution in [0.1, 0.15) is 27.9 Å². The van der Waals surface area contributed by atoms with Gasteiger partial charge in [0.2, 0.25) is 0 Å². The topological polar surface area (TPSA) is 129 Å². The first-order valence-corrected chi connectivity index (χ1v) is 11.4. The van der Waals surface area contributed by atoms with E-state index >= 15 is 0 Å². The highest BCUT2D eigenvalue weighted by Crippen LogP contribution is 2.43. The number of hydrogen-bond donors (Lipinski definition) is 4. The summed E-state index contributed by atoms with van der Waals surface area (Å²) >= 11 is 1.59. The molecule has 1 fully saturated rings. The molecule has 1 aromatic heterocycles. The third kappa shape index (κ3) is 3.91. The van der Waals surface area contributed by atoms with E-state index in [0.717, 1.165) is 16.7 Å². The van der Waals surface area contributed by atoms with Gasteiger partial charge in [0.25, 0.3) is 5.91 Å². The average molecular weight is 463 g/mol. The zero-order valence-electron chi connectivity index (χ0n) is 17.6. The van der Waals surface area contributed by atoms with Crippen LogP contribution in [0.2, 0.25) is 0 Å². The lowest BCUT2D eigenvalue weighted by Gasteiger charge is -2.26. The molecule has 2 aliphatic rings. The fourth-order valence-corrected chi connectivity index (χ4v) is 5.12. The predicted octanol–water partition coefficient (Wildman–Crippen LogP) is 3.75. The molecule has 2 aliphatic heterocycles. The van der Waals surface area contributed by atoms with Crippen molar-refractivity contribution in [2.75, 3.05) is 23.3 Å². The van der Waals surface area contributed by atoms with E-state index in [0.29, 0.717) is 54.4 Å². The molecule has 0 spiro atoms. The van der Waals surface area contributed by atoms with E-state index < -0.39 is 11.9 Å². The molecule has 8 nitrogen and oxygen atoms in total. The molecule has 1 saturated heterocycles. The van der Waals surface area contributed by atoms with Gasteiger partial charge in [0.1, 0.15) is 18.2 Å². The van der Waals surface area contributed by atoms with E-state index in [-0.39, 0.29) is 11.7 Å². The minimum Gasteiger partial charge on any atom is -0.488 e. The van der Waals surface area contributed by atoms with E-state index in [1.807, 2.05) is 22.4 Å². The molecule has 0 aliphatic carbocycles. The molecule has 0 bridgehead atoms. The second kappa shape index (κ2) is 8.25. The molecule has 33 heavy (non-hydrogen) atoms. The summed E-state index contributed by atoms with van der Waals surface area (Å²) < 4.78 is 5.97. The first-order valence-electron chi connectivity index (χ1n) is 10.5. The Balaban J connectivity index is 1.52. The number of benzene rings is 2. The number of amidine groups is 1. The summed E-state index contributed by atoms with van der Waals surface area (Å²) in [5.41, 5.74) is 10.8. The smallest absolute Gasteiger partial charge is 0.308 e. The van der Waals surface area contributed by atoms with Gasteiger partial charge in [0.15, 0.2) is 0 Å². The normalized spacial score (nSPS) is 16.5. The van der Waals surface area contributed by atoms with Crippen LogP contribution in [0.25, 0.3) is 11.1 Å². The predicted molar refractivity (Wildman–Crippen MR) is 127 cm³/mol. The summed E-state index contributed by atoms with van der Waals surface area (Å²) in [6.07, 6.45) is 0.523. The van der Waals surface area contributed by atoms with Gasteiger partial charge in [-0.3, -0.25) is 15.0 Å². The Bertz CT molecular complexity index is 1270. The second-order valence-corrected chi connectivity index (χ2v) is 8.92. The number of aliphatic carboxylic acids is 1. The van der Waals surface area contributed by atoms with E-state index in [9.17, 15) is 14.7 Å². The molecule has 5 rings (SSSR count). The van der Waals surface area contributed by atoms with Crippen LogP contribution in [-0.2, 0) is 11.4 Å². The van der Waals surface area contributed by atoms with E-state index in [4.69, 9.17) is 15.9 Å². The average Bonchev–Trinajstić information content (AvgIpc) is 3.48. The minimum atomic E-state index is -0.828. The van der Waals surface area contributed by atoms with Gasteiger partial charge in [-0.25, -0.2) is 0 Å². The molecule has 1 atom stereocenters. The fraction of sp³-hybridized carbons (Fsp3) is 0.208. The van der Waals surface area contributed by atoms with Gasteiger partial charge in [-0.1, -0.05) is 0 Å². The number of nitrogens with one attached hydrogen (secondary N) is 2. The number of nitrogens with two attached hydrogens (primary N) is 1. The number of carboxylic acids is 1. The summed E-state index contributed by atoms with van der Waals surface area (Å²) in [4.78, 5) is 26.8. The summed E-state index contributed by atoms with van der Waals surface area (Å²) in [6.45, 7) is 1.36. The Morgan fingerprint density at radius 2 is 1.97 bits per heavy atom. The SMILES string of the molecule is N=C(N)c1ccc(NC(=O)c2cc3c(cc2N2CC[C@H](C(=O)O)C2)OCc2cscc2-3)cc1. The molecule has 0 saturated carbocycles. The van der Waals surface area contributed by atoms with Crippen molar-refractivity contribution in [3.05, 3.63) is 63.8 Å². The molecule has 0 radical (unpaired) electrons. The number of ether oxygens (including phenoxy) is 1. The van der Waals surface area contributed by atoms with E-state index in [1.54, 1.807) is 35.6 Å². The van der Waals surface area contributed by atoms with Crippen LogP contribution in [0.4, 0.5) is 11.4 Å². The number of anilines is 2. The maximum atomic E-state index is 13.4. The molecular weight excluding hydrogens is 440 g/mol. The summed E-state index contributed by atoms with van der Waals surface area (Å²) in [5.74, 6) is -0.952. The number of carbonyl (C=O) groups is 2. The number of nitrogens with zero attached hydrogens (tertiary/aromatic N) is 1. The van der Waals surface area contributed by atoms with Crippen molar-refractivity contribution in [2.45, 2.75) is 13.0 Å². The fourth-order valence-electron chi connectivity index (χ4n) is 4.28. The van der Waals surface area contributed by atoms with Crippen LogP contribution in [0.15, 0.2) is 47.2 Å². The summed E-state index contributed by atoms with van der Waals surface area (Å²) in [7, 11) is 0. The Morgan fingerprint density at radius 1 is 1.18 bits per heavy atom. The van der Waals surface area contributed by atoms with E-state index in [1.165, 1.54) is 0 Å². The van der Waals surface area contributed by atoms with Crippen molar-refractivity contribution >= 4 is 40.4 Å². The van der Waals surface area contributed by atoms with Crippen LogP contribution in [0.3, 0.4) is 0 Å². The summed E-state index contributed by atoms with van der Waals surface area (Å²) in [6, 6.07) is 10.4. The maximum Gasteiger partial charge on any atom is 0.308 e. The maximum absolute atomic E-state index is 13.4. The van der Waals surface area contributed by atoms with Gasteiger partial charge in [0, 0.05) is 47.1 Å². The van der Waals surface area contributed by atoms with Gasteiger partial charge in [-0.15, -0.1) is 0 Å². The third-order valence-electron chi connectivity index (χ3n) is 6.09. The van der Waals surface area contributed by atoms with Crippen molar-refractivity contribution < 1.29 is 19.4 Å². The Morgan fingerprint density at radius 3 is 2.67 bits per heavy atom. The van der Waals surface area contributed by atoms with Crippen LogP contribution in [0, 0.1) is 11.3 Å². The molecule has 2 aromatic carbocycles. The van der Waals surface area contributed by atoms with Crippen molar-refractivity contribution in [1.82, 2.24) is 0 Å². The second-order valence-electron chi connectivity index (χ2n) is 8.18. The van der Waals surface area contributed by atoms with Crippen LogP contribution in [0.5, 0.6) is 5.75 Å². The Labute approximate surface area is 194 Å². The molecule has 168 valence electrons. The summed E-state index contributed by atoms with van der Waals surface area (Å²) in [5, 5.41) is 24.0. The number of carbonyl (C=O) groups excluding carboxylic acids is 1. The molecule has 5 N–H and O–H groups in total. The number of thiophene rings is 1. The first-order chi connectivity index (χ1) is 15.9. The zero-order chi connectivity index (χ0) is 23.1. The highest BCUT2D eigenvalue weighted by atomic mass is 32.1. The van der Waals surface area contributed by atoms with Gasteiger partial charge in [-0.05, 0) is 47.5 Å². The quantitative estimate of drug-likeness (QED) is 0.338. The number of nitrogen functional groups attached to an aromatic ring is 1. The molecule has 9 heteroatoms. The molecule has 3 heterocycles. The van der Waals surface area contributed by atoms with E-state index in [2.05, 4.69) is 10.7 Å². The van der Waals surface area contributed by atoms with Crippen molar-refractivity contribution in [3.63, 3.8) is 0 Å². The third-order valence-corrected chi connectivity index (χ3v) is 6.88. The molecular formula is C24H22N4O4S. The first kappa shape index (κ1) is 21.0. The number of fused-ring (bicyclic) bond motifs is 3. The van der Waals surface area contributed by atoms with Gasteiger partial charge >= 0.3 is 5.97 Å². The van der Waals surface area contributed by atoms with Crippen LogP contribution >= 0.6 is 11.3 Å². The zero-order valence-corrected chi connectivity index (χ0v) is 18.4. The van der Waals surface area contributed by atoms with Crippen molar-refractivity contribution in [2.24, 2.45) is 11.7 Å². The number of carboxylic acid groups (broad SMARTS) is 1. The molecule has 1 amide bonds. The number of hydrogen-bond acceptors (Lipinski definition) is 6. The highest BCUT2D eigenvalue weighted by Gasteiger charge is 2.32. The van der Waals surface area contributed by atoms with Gasteiger partial charge in [-0.2, -0.15) is 11.3 Å². The standard InChI is InChI=1S/C24H22N4O4S/c25-22(26)13-1-3-16(4-2-13)27-23(29)18-7-17-19-12-33-11-15(19)10-32-21(17)8-20(18)28-6-5-14(9-28)24(30)31/h1-4,7-8,11-12,14H,5-6,9-10H2,(H3,25,26)(H,27,29)(H,30,31)/t14-/m0/s1. The Hall–Kier alpha value is -3.85. The van der Waals surface area contributed by atoms with Crippen molar-refractivity contribution in [3.8, 4) is 16.9 Å².